The molecule has 6 aromatic rings. The first-order chi connectivity index (χ1) is 23.3. The van der Waals surface area contributed by atoms with Gasteiger partial charge in [-0.3, -0.25) is 19.7 Å². The van der Waals surface area contributed by atoms with Crippen LogP contribution in [0.15, 0.2) is 103 Å². The molecule has 14 heteroatoms. The van der Waals surface area contributed by atoms with Gasteiger partial charge < -0.3 is 38.6 Å². The third-order valence-corrected chi connectivity index (χ3v) is 7.09. The summed E-state index contributed by atoms with van der Waals surface area (Å²) in [5.74, 6) is -0.845. The number of nitrogen functional groups attached to an aromatic ring is 1. The summed E-state index contributed by atoms with van der Waals surface area (Å²) in [6, 6.07) is 12.6. The lowest BCUT2D eigenvalue weighted by molar-refractivity contribution is -0.110. The summed E-state index contributed by atoms with van der Waals surface area (Å²) in [6.07, 6.45) is 17.7. The van der Waals surface area contributed by atoms with Gasteiger partial charge in [-0.2, -0.15) is 0 Å². The van der Waals surface area contributed by atoms with Crippen molar-refractivity contribution in [3.63, 3.8) is 0 Å². The van der Waals surface area contributed by atoms with Crippen LogP contribution in [-0.2, 0) is 18.9 Å². The SMILES string of the molecule is COC(=O)c1cnccc1-n1cccc1.COC(=O)c1cnccc1N.COC1CCC(C)O1.O=c1[nH]c2cnccc2n2cccc12. The molecular weight excluding hydrogens is 618 g/mol. The summed E-state index contributed by atoms with van der Waals surface area (Å²) in [4.78, 5) is 48.3. The molecular formula is C34H37N7O7. The third kappa shape index (κ3) is 8.90. The maximum atomic E-state index is 11.5. The topological polar surface area (TPSA) is 178 Å². The maximum Gasteiger partial charge on any atom is 0.341 e. The van der Waals surface area contributed by atoms with Crippen molar-refractivity contribution in [1.29, 1.82) is 0 Å². The van der Waals surface area contributed by atoms with E-state index in [1.54, 1.807) is 43.9 Å². The molecule has 1 saturated heterocycles. The number of fused-ring (bicyclic) bond motifs is 3. The van der Waals surface area contributed by atoms with Gasteiger partial charge in [-0.1, -0.05) is 0 Å². The molecule has 1 fully saturated rings. The average molecular weight is 656 g/mol. The number of hydrogen-bond donors (Lipinski definition) is 2. The first-order valence-corrected chi connectivity index (χ1v) is 14.8. The molecule has 14 nitrogen and oxygen atoms in total. The average Bonchev–Trinajstić information content (AvgIpc) is 3.92. The summed E-state index contributed by atoms with van der Waals surface area (Å²) in [5, 5.41) is 0. The van der Waals surface area contributed by atoms with Crippen molar-refractivity contribution in [2.24, 2.45) is 0 Å². The number of esters is 2. The molecule has 7 heterocycles. The number of aromatic amines is 1. The van der Waals surface area contributed by atoms with E-state index in [1.165, 1.54) is 32.8 Å². The number of aromatic nitrogens is 6. The second-order valence-corrected chi connectivity index (χ2v) is 10.2. The van der Waals surface area contributed by atoms with Gasteiger partial charge in [0.15, 0.2) is 6.29 Å². The summed E-state index contributed by atoms with van der Waals surface area (Å²) < 4.78 is 23.1. The Morgan fingerprint density at radius 3 is 2.10 bits per heavy atom. The molecule has 0 aromatic carbocycles. The fraction of sp³-hybridized carbons (Fsp3) is 0.235. The van der Waals surface area contributed by atoms with Crippen molar-refractivity contribution in [3.8, 4) is 5.69 Å². The zero-order valence-electron chi connectivity index (χ0n) is 27.0. The number of rotatable bonds is 4. The first kappa shape index (κ1) is 35.0. The highest BCUT2D eigenvalue weighted by Gasteiger charge is 2.20. The molecule has 48 heavy (non-hydrogen) atoms. The lowest BCUT2D eigenvalue weighted by Gasteiger charge is -2.07. The normalized spacial score (nSPS) is 14.8. The molecule has 6 aromatic heterocycles. The van der Waals surface area contributed by atoms with Crippen molar-refractivity contribution in [3.05, 3.63) is 120 Å². The zero-order chi connectivity index (χ0) is 34.5. The van der Waals surface area contributed by atoms with Crippen LogP contribution in [0.5, 0.6) is 0 Å². The lowest BCUT2D eigenvalue weighted by atomic mass is 10.2. The molecule has 0 bridgehead atoms. The maximum absolute atomic E-state index is 11.5. The number of nitrogens with two attached hydrogens (primary N) is 1. The second kappa shape index (κ2) is 17.2. The molecule has 2 unspecified atom stereocenters. The van der Waals surface area contributed by atoms with Crippen molar-refractivity contribution < 1.29 is 28.5 Å². The van der Waals surface area contributed by atoms with Gasteiger partial charge in [-0.25, -0.2) is 9.59 Å². The van der Waals surface area contributed by atoms with Crippen LogP contribution in [-0.4, -0.2) is 74.6 Å². The van der Waals surface area contributed by atoms with E-state index < -0.39 is 5.97 Å². The molecule has 250 valence electrons. The van der Waals surface area contributed by atoms with Gasteiger partial charge in [-0.05, 0) is 55.8 Å². The third-order valence-electron chi connectivity index (χ3n) is 7.09. The van der Waals surface area contributed by atoms with E-state index in [2.05, 4.69) is 36.3 Å². The monoisotopic (exact) mass is 655 g/mol. The number of carbonyl (C=O) groups is 2. The highest BCUT2D eigenvalue weighted by Crippen LogP contribution is 2.18. The zero-order valence-corrected chi connectivity index (χ0v) is 27.0. The number of hydrogen-bond acceptors (Lipinski definition) is 11. The van der Waals surface area contributed by atoms with Gasteiger partial charge in [0.25, 0.3) is 5.56 Å². The van der Waals surface area contributed by atoms with Gasteiger partial charge in [0, 0.05) is 68.8 Å². The predicted octanol–water partition coefficient (Wildman–Crippen LogP) is 4.44. The summed E-state index contributed by atoms with van der Waals surface area (Å²) in [6.45, 7) is 2.07. The van der Waals surface area contributed by atoms with Gasteiger partial charge in [0.2, 0.25) is 0 Å². The summed E-state index contributed by atoms with van der Waals surface area (Å²) >= 11 is 0. The highest BCUT2D eigenvalue weighted by atomic mass is 16.7. The Bertz CT molecular complexity index is 1990. The smallest absolute Gasteiger partial charge is 0.341 e. The van der Waals surface area contributed by atoms with Gasteiger partial charge in [0.1, 0.15) is 16.6 Å². The van der Waals surface area contributed by atoms with E-state index in [-0.39, 0.29) is 17.8 Å². The molecule has 0 saturated carbocycles. The Balaban J connectivity index is 0.000000148. The van der Waals surface area contributed by atoms with Crippen LogP contribution in [0.1, 0.15) is 40.5 Å². The Morgan fingerprint density at radius 1 is 0.833 bits per heavy atom. The van der Waals surface area contributed by atoms with E-state index in [0.29, 0.717) is 28.4 Å². The number of ether oxygens (including phenoxy) is 4. The Labute approximate surface area is 276 Å². The van der Waals surface area contributed by atoms with Crippen LogP contribution in [0.4, 0.5) is 5.69 Å². The number of H-pyrrole nitrogens is 1. The largest absolute Gasteiger partial charge is 0.465 e. The molecule has 0 spiro atoms. The number of carbonyl (C=O) groups excluding carboxylic acids is 2. The van der Waals surface area contributed by atoms with Gasteiger partial charge in [0.05, 0.1) is 43.2 Å². The van der Waals surface area contributed by atoms with E-state index in [1.807, 2.05) is 51.8 Å². The van der Waals surface area contributed by atoms with Crippen molar-refractivity contribution in [2.75, 3.05) is 27.1 Å². The Hall–Kier alpha value is -5.86. The summed E-state index contributed by atoms with van der Waals surface area (Å²) in [7, 11) is 4.34. The molecule has 3 N–H and O–H groups in total. The van der Waals surface area contributed by atoms with Crippen LogP contribution < -0.4 is 11.3 Å². The molecule has 1 aliphatic rings. The number of anilines is 1. The van der Waals surface area contributed by atoms with Crippen LogP contribution >= 0.6 is 0 Å². The van der Waals surface area contributed by atoms with E-state index in [0.717, 1.165) is 29.6 Å². The minimum Gasteiger partial charge on any atom is -0.465 e. The van der Waals surface area contributed by atoms with Gasteiger partial charge in [-0.15, -0.1) is 0 Å². The molecule has 0 radical (unpaired) electrons. The first-order valence-electron chi connectivity index (χ1n) is 14.8. The van der Waals surface area contributed by atoms with Crippen molar-refractivity contribution in [1.82, 2.24) is 28.9 Å². The molecule has 7 rings (SSSR count). The molecule has 1 aliphatic heterocycles. The predicted molar refractivity (Wildman–Crippen MR) is 179 cm³/mol. The fourth-order valence-electron chi connectivity index (χ4n) is 4.66. The van der Waals surface area contributed by atoms with E-state index in [9.17, 15) is 14.4 Å². The Morgan fingerprint density at radius 2 is 1.48 bits per heavy atom. The van der Waals surface area contributed by atoms with Crippen molar-refractivity contribution in [2.45, 2.75) is 32.2 Å². The highest BCUT2D eigenvalue weighted by molar-refractivity contribution is 5.94. The van der Waals surface area contributed by atoms with E-state index >= 15 is 0 Å². The van der Waals surface area contributed by atoms with Crippen LogP contribution in [0, 0.1) is 0 Å². The number of nitrogens with one attached hydrogen (secondary N) is 1. The minimum atomic E-state index is -0.462. The molecule has 0 aliphatic carbocycles. The molecule has 0 amide bonds. The quantitative estimate of drug-likeness (QED) is 0.257. The van der Waals surface area contributed by atoms with E-state index in [4.69, 9.17) is 15.2 Å². The second-order valence-electron chi connectivity index (χ2n) is 10.2. The lowest BCUT2D eigenvalue weighted by Crippen LogP contribution is -2.09. The summed E-state index contributed by atoms with van der Waals surface area (Å²) in [5.41, 5.74) is 9.64. The number of pyridine rings is 3. The molecule has 2 atom stereocenters. The number of nitrogens with zero attached hydrogens (tertiary/aromatic N) is 5. The van der Waals surface area contributed by atoms with Crippen molar-refractivity contribution >= 4 is 34.2 Å². The minimum absolute atomic E-state index is 0.0741. The Kier molecular flexibility index (Phi) is 12.5. The number of methoxy groups -OCH3 is 3. The fourth-order valence-corrected chi connectivity index (χ4v) is 4.66. The van der Waals surface area contributed by atoms with Crippen LogP contribution in [0.3, 0.4) is 0 Å². The van der Waals surface area contributed by atoms with Crippen LogP contribution in [0.2, 0.25) is 0 Å². The van der Waals surface area contributed by atoms with Gasteiger partial charge >= 0.3 is 11.9 Å². The van der Waals surface area contributed by atoms with Crippen LogP contribution in [0.25, 0.3) is 22.2 Å². The standard InChI is InChI=1S/C11H10N2O2.C10H7N3O.C7H8N2O2.C6H12O2/c1-15-11(14)9-8-12-5-4-10(9)13-6-2-3-7-13;14-10-9-2-1-5-13(9)8-3-4-11-6-7(8)12-10;1-11-7(10)5-4-9-3-2-6(5)8;1-5-3-4-6(7-2)8-5/h2-8H,1H3;1-6H,(H,12,14);2-4H,1H3,(H2,8,9);5-6H,3-4H2,1-2H3.